The van der Waals surface area contributed by atoms with Gasteiger partial charge in [0.05, 0.1) is 25.7 Å². The van der Waals surface area contributed by atoms with E-state index in [1.807, 2.05) is 36.2 Å². The highest BCUT2D eigenvalue weighted by molar-refractivity contribution is 6.04. The minimum absolute atomic E-state index is 0.0229. The van der Waals surface area contributed by atoms with Crippen molar-refractivity contribution in [2.45, 2.75) is 38.1 Å². The second-order valence-electron chi connectivity index (χ2n) is 7.55. The number of rotatable bonds is 4. The summed E-state index contributed by atoms with van der Waals surface area (Å²) in [5.41, 5.74) is 3.80. The fourth-order valence-corrected chi connectivity index (χ4v) is 4.40. The van der Waals surface area contributed by atoms with E-state index in [1.165, 1.54) is 5.57 Å². The zero-order valence-electron chi connectivity index (χ0n) is 15.9. The van der Waals surface area contributed by atoms with Crippen molar-refractivity contribution in [1.29, 1.82) is 0 Å². The molecule has 1 aromatic carbocycles. The molecule has 0 radical (unpaired) electrons. The molecule has 1 atom stereocenters. The monoisotopic (exact) mass is 369 g/mol. The highest BCUT2D eigenvalue weighted by atomic mass is 16.5. The van der Waals surface area contributed by atoms with Gasteiger partial charge in [0.15, 0.2) is 0 Å². The number of anilines is 2. The van der Waals surface area contributed by atoms with Crippen LogP contribution in [-0.4, -0.2) is 56.1 Å². The molecular formula is C21H27N3O3. The van der Waals surface area contributed by atoms with Crippen molar-refractivity contribution in [3.8, 4) is 0 Å². The molecule has 144 valence electrons. The lowest BCUT2D eigenvalue weighted by atomic mass is 9.88. The molecule has 0 spiro atoms. The molecule has 3 aliphatic rings. The van der Waals surface area contributed by atoms with Gasteiger partial charge in [0.25, 0.3) is 5.91 Å². The van der Waals surface area contributed by atoms with Gasteiger partial charge in [0.2, 0.25) is 5.91 Å². The largest absolute Gasteiger partial charge is 0.378 e. The van der Waals surface area contributed by atoms with Crippen LogP contribution in [0.3, 0.4) is 0 Å². The summed E-state index contributed by atoms with van der Waals surface area (Å²) in [4.78, 5) is 29.2. The quantitative estimate of drug-likeness (QED) is 0.886. The minimum atomic E-state index is -0.121. The van der Waals surface area contributed by atoms with Crippen LogP contribution in [0, 0.1) is 0 Å². The van der Waals surface area contributed by atoms with Crippen molar-refractivity contribution < 1.29 is 14.3 Å². The van der Waals surface area contributed by atoms with Gasteiger partial charge in [-0.05, 0) is 49.1 Å². The van der Waals surface area contributed by atoms with E-state index in [2.05, 4.69) is 10.2 Å². The summed E-state index contributed by atoms with van der Waals surface area (Å²) < 4.78 is 5.38. The molecular weight excluding hydrogens is 342 g/mol. The van der Waals surface area contributed by atoms with Crippen LogP contribution in [0.4, 0.5) is 11.4 Å². The highest BCUT2D eigenvalue weighted by Gasteiger charge is 2.38. The Bertz CT molecular complexity index is 750. The third-order valence-electron chi connectivity index (χ3n) is 5.87. The van der Waals surface area contributed by atoms with Gasteiger partial charge in [-0.1, -0.05) is 6.42 Å². The minimum Gasteiger partial charge on any atom is -0.378 e. The Morgan fingerprint density at radius 1 is 1.19 bits per heavy atom. The van der Waals surface area contributed by atoms with Gasteiger partial charge in [0.1, 0.15) is 0 Å². The maximum atomic E-state index is 12.6. The molecule has 1 N–H and O–H groups in total. The first-order chi connectivity index (χ1) is 13.1. The molecule has 2 aliphatic heterocycles. The molecule has 4 rings (SSSR count). The van der Waals surface area contributed by atoms with Crippen LogP contribution in [0.2, 0.25) is 0 Å². The van der Waals surface area contributed by atoms with Gasteiger partial charge in [-0.2, -0.15) is 0 Å². The second-order valence-corrected chi connectivity index (χ2v) is 7.55. The van der Waals surface area contributed by atoms with Crippen LogP contribution in [0.1, 0.15) is 32.1 Å². The van der Waals surface area contributed by atoms with Crippen LogP contribution in [0.5, 0.6) is 0 Å². The maximum Gasteiger partial charge on any atom is 0.250 e. The number of carbonyl (C=O) groups is 2. The van der Waals surface area contributed by atoms with Crippen LogP contribution >= 0.6 is 0 Å². The van der Waals surface area contributed by atoms with E-state index < -0.39 is 0 Å². The number of carbonyl (C=O) groups excluding carboxylic acids is 2. The SMILES string of the molecule is CN1C(=O)C(CC(=O)Nc2ccc(N3CCOCC3)cc2)=C2CCCCC21. The summed E-state index contributed by atoms with van der Waals surface area (Å²) in [6.45, 7) is 3.28. The number of ether oxygens (including phenoxy) is 1. The molecule has 6 heteroatoms. The number of nitrogens with one attached hydrogen (secondary N) is 1. The molecule has 1 saturated heterocycles. The average Bonchev–Trinajstić information content (AvgIpc) is 2.94. The predicted octanol–water partition coefficient (Wildman–Crippen LogP) is 2.56. The van der Waals surface area contributed by atoms with Gasteiger partial charge in [-0.15, -0.1) is 0 Å². The molecule has 6 nitrogen and oxygen atoms in total. The van der Waals surface area contributed by atoms with Gasteiger partial charge in [-0.3, -0.25) is 9.59 Å². The molecule has 2 heterocycles. The molecule has 0 aromatic heterocycles. The Balaban J connectivity index is 1.40. The van der Waals surface area contributed by atoms with Crippen molar-refractivity contribution in [2.24, 2.45) is 0 Å². The van der Waals surface area contributed by atoms with E-state index in [4.69, 9.17) is 4.74 Å². The van der Waals surface area contributed by atoms with Crippen LogP contribution in [0.15, 0.2) is 35.4 Å². The fourth-order valence-electron chi connectivity index (χ4n) is 4.40. The maximum absolute atomic E-state index is 12.6. The van der Waals surface area contributed by atoms with E-state index >= 15 is 0 Å². The Morgan fingerprint density at radius 3 is 2.67 bits per heavy atom. The Hall–Kier alpha value is -2.34. The number of nitrogens with zero attached hydrogens (tertiary/aromatic N) is 2. The van der Waals surface area contributed by atoms with Crippen molar-refractivity contribution in [1.82, 2.24) is 4.90 Å². The Morgan fingerprint density at radius 2 is 1.93 bits per heavy atom. The third-order valence-corrected chi connectivity index (χ3v) is 5.87. The lowest BCUT2D eigenvalue weighted by Gasteiger charge is -2.28. The van der Waals surface area contributed by atoms with Gasteiger partial charge < -0.3 is 19.9 Å². The third kappa shape index (κ3) is 3.72. The summed E-state index contributed by atoms with van der Waals surface area (Å²) in [6, 6.07) is 8.10. The van der Waals surface area contributed by atoms with Crippen LogP contribution in [-0.2, 0) is 14.3 Å². The average molecular weight is 369 g/mol. The number of benzene rings is 1. The Labute approximate surface area is 160 Å². The van der Waals surface area contributed by atoms with E-state index in [9.17, 15) is 9.59 Å². The number of hydrogen-bond donors (Lipinski definition) is 1. The molecule has 27 heavy (non-hydrogen) atoms. The standard InChI is InChI=1S/C21H27N3O3/c1-23-19-5-3-2-4-17(19)18(21(23)26)14-20(25)22-15-6-8-16(9-7-15)24-10-12-27-13-11-24/h6-9,19H,2-5,10-14H2,1H3,(H,22,25). The zero-order chi connectivity index (χ0) is 18.8. The van der Waals surface area contributed by atoms with Crippen molar-refractivity contribution in [3.05, 3.63) is 35.4 Å². The summed E-state index contributed by atoms with van der Waals surface area (Å²) in [5.74, 6) is -0.0979. The molecule has 1 aliphatic carbocycles. The van der Waals surface area contributed by atoms with Crippen molar-refractivity contribution >= 4 is 23.2 Å². The molecule has 2 amide bonds. The predicted molar refractivity (Wildman–Crippen MR) is 105 cm³/mol. The summed E-state index contributed by atoms with van der Waals surface area (Å²) >= 11 is 0. The second kappa shape index (κ2) is 7.72. The molecule has 1 saturated carbocycles. The van der Waals surface area contributed by atoms with Gasteiger partial charge >= 0.3 is 0 Å². The number of hydrogen-bond acceptors (Lipinski definition) is 4. The highest BCUT2D eigenvalue weighted by Crippen LogP contribution is 2.37. The van der Waals surface area contributed by atoms with Crippen molar-refractivity contribution in [3.63, 3.8) is 0 Å². The van der Waals surface area contributed by atoms with E-state index in [1.54, 1.807) is 0 Å². The zero-order valence-corrected chi connectivity index (χ0v) is 15.9. The van der Waals surface area contributed by atoms with Gasteiger partial charge in [-0.25, -0.2) is 0 Å². The number of fused-ring (bicyclic) bond motifs is 1. The lowest BCUT2D eigenvalue weighted by Crippen LogP contribution is -2.36. The summed E-state index contributed by atoms with van der Waals surface area (Å²) in [5, 5.41) is 2.94. The first-order valence-electron chi connectivity index (χ1n) is 9.85. The molecule has 1 aromatic rings. The normalized spacial score (nSPS) is 22.9. The summed E-state index contributed by atoms with van der Waals surface area (Å²) in [7, 11) is 1.85. The number of likely N-dealkylation sites (N-methyl/N-ethyl adjacent to an activating group) is 1. The summed E-state index contributed by atoms with van der Waals surface area (Å²) in [6.07, 6.45) is 4.39. The Kier molecular flexibility index (Phi) is 5.16. The fraction of sp³-hybridized carbons (Fsp3) is 0.524. The lowest BCUT2D eigenvalue weighted by molar-refractivity contribution is -0.127. The van der Waals surface area contributed by atoms with E-state index in [0.29, 0.717) is 5.57 Å². The number of amides is 2. The van der Waals surface area contributed by atoms with Crippen LogP contribution in [0.25, 0.3) is 0 Å². The molecule has 0 bridgehead atoms. The van der Waals surface area contributed by atoms with E-state index in [0.717, 1.165) is 63.4 Å². The van der Waals surface area contributed by atoms with Gasteiger partial charge in [0, 0.05) is 37.1 Å². The van der Waals surface area contributed by atoms with Crippen molar-refractivity contribution in [2.75, 3.05) is 43.6 Å². The van der Waals surface area contributed by atoms with Crippen LogP contribution < -0.4 is 10.2 Å². The first-order valence-corrected chi connectivity index (χ1v) is 9.85. The first kappa shape index (κ1) is 18.0. The number of morpholine rings is 1. The molecule has 1 unspecified atom stereocenters. The smallest absolute Gasteiger partial charge is 0.250 e. The topological polar surface area (TPSA) is 61.9 Å². The molecule has 2 fully saturated rings. The van der Waals surface area contributed by atoms with E-state index in [-0.39, 0.29) is 24.3 Å².